The minimum absolute atomic E-state index is 0.00753. The highest BCUT2D eigenvalue weighted by Crippen LogP contribution is 2.29. The molecule has 1 amide bonds. The predicted molar refractivity (Wildman–Crippen MR) is 80.8 cm³/mol. The molecule has 0 saturated heterocycles. The van der Waals surface area contributed by atoms with Gasteiger partial charge in [-0.25, -0.2) is 4.79 Å². The third kappa shape index (κ3) is 4.88. The maximum absolute atomic E-state index is 11.8. The summed E-state index contributed by atoms with van der Waals surface area (Å²) in [6.45, 7) is 5.16. The van der Waals surface area contributed by atoms with Crippen LogP contribution in [0.15, 0.2) is 18.2 Å². The lowest BCUT2D eigenvalue weighted by atomic mass is 10.0. The van der Waals surface area contributed by atoms with Crippen LogP contribution in [0.4, 0.5) is 10.5 Å². The van der Waals surface area contributed by atoms with Gasteiger partial charge in [0, 0.05) is 6.54 Å². The van der Waals surface area contributed by atoms with E-state index >= 15 is 0 Å². The summed E-state index contributed by atoms with van der Waals surface area (Å²) in [6.07, 6.45) is -0.687. The number of methoxy groups -OCH3 is 1. The van der Waals surface area contributed by atoms with Crippen LogP contribution in [-0.2, 0) is 4.74 Å². The molecule has 0 saturated carbocycles. The summed E-state index contributed by atoms with van der Waals surface area (Å²) < 4.78 is 10.1. The van der Waals surface area contributed by atoms with Crippen LogP contribution in [0.3, 0.4) is 0 Å². The van der Waals surface area contributed by atoms with Gasteiger partial charge in [-0.3, -0.25) is 10.1 Å². The first-order valence-corrected chi connectivity index (χ1v) is 6.70. The Bertz CT molecular complexity index is 554. The van der Waals surface area contributed by atoms with Gasteiger partial charge in [-0.15, -0.1) is 0 Å². The quantitative estimate of drug-likeness (QED) is 0.635. The highest BCUT2D eigenvalue weighted by Gasteiger charge is 2.25. The van der Waals surface area contributed by atoms with Gasteiger partial charge in [-0.2, -0.15) is 0 Å². The van der Waals surface area contributed by atoms with E-state index < -0.39 is 22.7 Å². The van der Waals surface area contributed by atoms with Gasteiger partial charge in [0.2, 0.25) is 0 Å². The van der Waals surface area contributed by atoms with Gasteiger partial charge < -0.3 is 20.5 Å². The van der Waals surface area contributed by atoms with Crippen molar-refractivity contribution in [2.75, 3.05) is 13.7 Å². The normalized spacial score (nSPS) is 12.4. The molecule has 122 valence electrons. The molecule has 8 nitrogen and oxygen atoms in total. The van der Waals surface area contributed by atoms with E-state index in [2.05, 4.69) is 5.32 Å². The molecule has 1 atom stereocenters. The second kappa shape index (κ2) is 7.08. The van der Waals surface area contributed by atoms with Crippen molar-refractivity contribution in [3.8, 4) is 5.75 Å². The fourth-order valence-corrected chi connectivity index (χ4v) is 1.82. The maximum Gasteiger partial charge on any atom is 0.408 e. The van der Waals surface area contributed by atoms with Crippen molar-refractivity contribution < 1.29 is 19.2 Å². The Labute approximate surface area is 128 Å². The number of nitro groups is 1. The summed E-state index contributed by atoms with van der Waals surface area (Å²) in [5.41, 5.74) is 5.08. The van der Waals surface area contributed by atoms with Crippen molar-refractivity contribution in [2.24, 2.45) is 5.73 Å². The van der Waals surface area contributed by atoms with Gasteiger partial charge in [0.25, 0.3) is 5.69 Å². The number of ether oxygens (including phenoxy) is 2. The Morgan fingerprint density at radius 3 is 2.55 bits per heavy atom. The first-order valence-electron chi connectivity index (χ1n) is 6.70. The molecule has 1 aromatic rings. The smallest absolute Gasteiger partial charge is 0.408 e. The predicted octanol–water partition coefficient (Wildman–Crippen LogP) is 2.13. The van der Waals surface area contributed by atoms with E-state index in [4.69, 9.17) is 15.2 Å². The summed E-state index contributed by atoms with van der Waals surface area (Å²) >= 11 is 0. The first kappa shape index (κ1) is 17.7. The van der Waals surface area contributed by atoms with E-state index in [9.17, 15) is 14.9 Å². The Kier molecular flexibility index (Phi) is 5.69. The fourth-order valence-electron chi connectivity index (χ4n) is 1.82. The molecule has 0 radical (unpaired) electrons. The van der Waals surface area contributed by atoms with Crippen LogP contribution in [0.2, 0.25) is 0 Å². The molecule has 1 rings (SSSR count). The molecule has 3 N–H and O–H groups in total. The van der Waals surface area contributed by atoms with Gasteiger partial charge in [-0.05, 0) is 32.9 Å². The fraction of sp³-hybridized carbons (Fsp3) is 0.500. The van der Waals surface area contributed by atoms with Crippen molar-refractivity contribution in [1.29, 1.82) is 0 Å². The number of hydrogen-bond acceptors (Lipinski definition) is 6. The zero-order valence-corrected chi connectivity index (χ0v) is 13.1. The molecular formula is C14H21N3O5. The number of rotatable bonds is 5. The lowest BCUT2D eigenvalue weighted by Crippen LogP contribution is -2.38. The lowest BCUT2D eigenvalue weighted by molar-refractivity contribution is -0.385. The first-order chi connectivity index (χ1) is 10.2. The molecule has 0 aliphatic heterocycles. The van der Waals surface area contributed by atoms with E-state index in [-0.39, 0.29) is 12.2 Å². The number of carbonyl (C=O) groups is 1. The third-order valence-electron chi connectivity index (χ3n) is 2.74. The van der Waals surface area contributed by atoms with Crippen LogP contribution in [0, 0.1) is 10.1 Å². The van der Waals surface area contributed by atoms with Gasteiger partial charge in [0.05, 0.1) is 29.7 Å². The van der Waals surface area contributed by atoms with Crippen LogP contribution < -0.4 is 15.8 Å². The Morgan fingerprint density at radius 2 is 2.09 bits per heavy atom. The number of nitrogens with one attached hydrogen (secondary N) is 1. The molecule has 8 heteroatoms. The van der Waals surface area contributed by atoms with Gasteiger partial charge in [0.15, 0.2) is 0 Å². The van der Waals surface area contributed by atoms with Gasteiger partial charge >= 0.3 is 6.09 Å². The van der Waals surface area contributed by atoms with E-state index in [1.54, 1.807) is 26.8 Å². The molecular weight excluding hydrogens is 290 g/mol. The number of benzene rings is 1. The number of alkyl carbamates (subject to hydrolysis) is 1. The molecule has 22 heavy (non-hydrogen) atoms. The van der Waals surface area contributed by atoms with Crippen LogP contribution in [0.5, 0.6) is 5.75 Å². The zero-order chi connectivity index (χ0) is 16.9. The molecule has 0 aliphatic rings. The Balaban J connectivity index is 3.04. The number of nitro benzene ring substituents is 1. The summed E-state index contributed by atoms with van der Waals surface area (Å²) in [5, 5.41) is 13.7. The zero-order valence-electron chi connectivity index (χ0n) is 13.1. The maximum atomic E-state index is 11.8. The van der Waals surface area contributed by atoms with Gasteiger partial charge in [-0.1, -0.05) is 0 Å². The number of carbonyl (C=O) groups excluding carboxylic acids is 1. The standard InChI is InChI=1S/C14H21N3O5/c1-14(2,3)22-13(18)16-11(8-15)10-6-5-9(21-4)7-12(10)17(19)20/h5-7,11H,8,15H2,1-4H3,(H,16,18). The van der Waals surface area contributed by atoms with E-state index in [0.29, 0.717) is 11.3 Å². The summed E-state index contributed by atoms with van der Waals surface area (Å²) in [4.78, 5) is 22.5. The van der Waals surface area contributed by atoms with Crippen molar-refractivity contribution in [3.05, 3.63) is 33.9 Å². The molecule has 0 spiro atoms. The monoisotopic (exact) mass is 311 g/mol. The second-order valence-electron chi connectivity index (χ2n) is 5.62. The SMILES string of the molecule is COc1ccc(C(CN)NC(=O)OC(C)(C)C)c([N+](=O)[O-])c1. The number of amides is 1. The van der Waals surface area contributed by atoms with E-state index in [1.807, 2.05) is 0 Å². The average molecular weight is 311 g/mol. The molecule has 0 aromatic heterocycles. The highest BCUT2D eigenvalue weighted by molar-refractivity contribution is 5.69. The number of hydrogen-bond donors (Lipinski definition) is 2. The Morgan fingerprint density at radius 1 is 1.45 bits per heavy atom. The van der Waals surface area contributed by atoms with Crippen LogP contribution >= 0.6 is 0 Å². The summed E-state index contributed by atoms with van der Waals surface area (Å²) in [6, 6.07) is 3.63. The molecule has 1 aromatic carbocycles. The van der Waals surface area contributed by atoms with Crippen molar-refractivity contribution in [2.45, 2.75) is 32.4 Å². The Hall–Kier alpha value is -2.35. The third-order valence-corrected chi connectivity index (χ3v) is 2.74. The minimum atomic E-state index is -0.735. The highest BCUT2D eigenvalue weighted by atomic mass is 16.6. The van der Waals surface area contributed by atoms with E-state index in [1.165, 1.54) is 19.2 Å². The van der Waals surface area contributed by atoms with Crippen molar-refractivity contribution in [3.63, 3.8) is 0 Å². The van der Waals surface area contributed by atoms with Crippen molar-refractivity contribution in [1.82, 2.24) is 5.32 Å². The van der Waals surface area contributed by atoms with Crippen LogP contribution in [-0.4, -0.2) is 30.3 Å². The second-order valence-corrected chi connectivity index (χ2v) is 5.62. The van der Waals surface area contributed by atoms with Crippen molar-refractivity contribution >= 4 is 11.8 Å². The largest absolute Gasteiger partial charge is 0.497 e. The van der Waals surface area contributed by atoms with Gasteiger partial charge in [0.1, 0.15) is 11.4 Å². The molecule has 0 aliphatic carbocycles. The number of nitrogens with two attached hydrogens (primary N) is 1. The topological polar surface area (TPSA) is 117 Å². The van der Waals surface area contributed by atoms with Crippen LogP contribution in [0.1, 0.15) is 32.4 Å². The summed E-state index contributed by atoms with van der Waals surface area (Å²) in [7, 11) is 1.41. The molecule has 0 fully saturated rings. The summed E-state index contributed by atoms with van der Waals surface area (Å²) in [5.74, 6) is 0.350. The number of nitrogens with zero attached hydrogens (tertiary/aromatic N) is 1. The molecule has 1 unspecified atom stereocenters. The molecule has 0 heterocycles. The minimum Gasteiger partial charge on any atom is -0.497 e. The lowest BCUT2D eigenvalue weighted by Gasteiger charge is -2.23. The molecule has 0 bridgehead atoms. The average Bonchev–Trinajstić information content (AvgIpc) is 2.42. The van der Waals surface area contributed by atoms with Crippen LogP contribution in [0.25, 0.3) is 0 Å². The van der Waals surface area contributed by atoms with E-state index in [0.717, 1.165) is 0 Å².